The Hall–Kier alpha value is -2.92. The van der Waals surface area contributed by atoms with Gasteiger partial charge in [0.1, 0.15) is 11.1 Å². The Morgan fingerprint density at radius 1 is 1.04 bits per heavy atom. The summed E-state index contributed by atoms with van der Waals surface area (Å²) in [6.07, 6.45) is 0. The van der Waals surface area contributed by atoms with E-state index >= 15 is 0 Å². The molecule has 4 aromatic rings. The van der Waals surface area contributed by atoms with Crippen molar-refractivity contribution in [3.05, 3.63) is 69.5 Å². The lowest BCUT2D eigenvalue weighted by Crippen LogP contribution is -2.02. The van der Waals surface area contributed by atoms with E-state index in [0.717, 1.165) is 16.5 Å². The van der Waals surface area contributed by atoms with Crippen LogP contribution in [0.3, 0.4) is 0 Å². The van der Waals surface area contributed by atoms with Gasteiger partial charge in [-0.15, -0.1) is 0 Å². The van der Waals surface area contributed by atoms with Gasteiger partial charge in [-0.05, 0) is 49.4 Å². The Balaban J connectivity index is 1.81. The summed E-state index contributed by atoms with van der Waals surface area (Å²) in [5.74, 6) is 0.502. The van der Waals surface area contributed by atoms with E-state index in [1.54, 1.807) is 36.4 Å². The molecule has 0 saturated carbocycles. The molecule has 2 heterocycles. The fraction of sp³-hybridized carbons (Fsp3) is 0.0556. The van der Waals surface area contributed by atoms with E-state index < -0.39 is 5.63 Å². The van der Waals surface area contributed by atoms with Gasteiger partial charge in [-0.1, -0.05) is 28.4 Å². The van der Waals surface area contributed by atoms with E-state index in [2.05, 4.69) is 10.1 Å². The average molecular weight is 339 g/mol. The molecule has 0 fully saturated rings. The Bertz CT molecular complexity index is 1100. The summed E-state index contributed by atoms with van der Waals surface area (Å²) >= 11 is 5.87. The van der Waals surface area contributed by atoms with Crippen molar-refractivity contribution in [1.29, 1.82) is 0 Å². The summed E-state index contributed by atoms with van der Waals surface area (Å²) in [6, 6.07) is 14.3. The molecule has 0 bridgehead atoms. The first-order chi connectivity index (χ1) is 11.6. The highest BCUT2D eigenvalue weighted by Gasteiger charge is 2.16. The predicted octanol–water partition coefficient (Wildman–Crippen LogP) is 4.47. The average Bonchev–Trinajstić information content (AvgIpc) is 3.05. The van der Waals surface area contributed by atoms with Gasteiger partial charge in [-0.25, -0.2) is 4.79 Å². The number of rotatable bonds is 2. The lowest BCUT2D eigenvalue weighted by Gasteiger charge is -1.99. The summed E-state index contributed by atoms with van der Waals surface area (Å²) in [4.78, 5) is 16.5. The van der Waals surface area contributed by atoms with Crippen LogP contribution in [0.1, 0.15) is 5.56 Å². The summed E-state index contributed by atoms with van der Waals surface area (Å²) in [5, 5.41) is 5.34. The number of aryl methyl sites for hydroxylation is 1. The van der Waals surface area contributed by atoms with Gasteiger partial charge in [0.05, 0.1) is 0 Å². The molecule has 0 spiro atoms. The normalized spacial score (nSPS) is 11.1. The van der Waals surface area contributed by atoms with Gasteiger partial charge in [0, 0.05) is 16.0 Å². The molecule has 0 atom stereocenters. The minimum atomic E-state index is -0.516. The first kappa shape index (κ1) is 14.7. The van der Waals surface area contributed by atoms with Crippen molar-refractivity contribution in [2.45, 2.75) is 6.92 Å². The van der Waals surface area contributed by atoms with Crippen molar-refractivity contribution in [1.82, 2.24) is 10.1 Å². The highest BCUT2D eigenvalue weighted by Crippen LogP contribution is 2.24. The molecule has 0 saturated heterocycles. The van der Waals surface area contributed by atoms with Crippen LogP contribution in [0.5, 0.6) is 0 Å². The van der Waals surface area contributed by atoms with Crippen molar-refractivity contribution in [2.75, 3.05) is 0 Å². The molecule has 2 aromatic carbocycles. The number of hydrogen-bond acceptors (Lipinski definition) is 5. The van der Waals surface area contributed by atoms with E-state index in [0.29, 0.717) is 16.4 Å². The van der Waals surface area contributed by atoms with Crippen molar-refractivity contribution < 1.29 is 8.94 Å². The highest BCUT2D eigenvalue weighted by atomic mass is 35.5. The number of halogens is 1. The maximum absolute atomic E-state index is 12.2. The molecular weight excluding hydrogens is 328 g/mol. The van der Waals surface area contributed by atoms with E-state index in [1.807, 2.05) is 19.1 Å². The van der Waals surface area contributed by atoms with Crippen LogP contribution in [0.4, 0.5) is 0 Å². The molecule has 2 aromatic heterocycles. The molecule has 0 amide bonds. The van der Waals surface area contributed by atoms with Crippen LogP contribution in [0.2, 0.25) is 5.02 Å². The van der Waals surface area contributed by atoms with Crippen molar-refractivity contribution in [3.8, 4) is 22.8 Å². The minimum Gasteiger partial charge on any atom is -0.422 e. The molecule has 118 valence electrons. The van der Waals surface area contributed by atoms with Gasteiger partial charge in [-0.3, -0.25) is 0 Å². The third-order valence-corrected chi connectivity index (χ3v) is 3.90. The van der Waals surface area contributed by atoms with Gasteiger partial charge in [0.2, 0.25) is 5.82 Å². The zero-order valence-electron chi connectivity index (χ0n) is 12.6. The van der Waals surface area contributed by atoms with Crippen molar-refractivity contribution in [3.63, 3.8) is 0 Å². The van der Waals surface area contributed by atoms with E-state index in [1.165, 1.54) is 0 Å². The number of aromatic nitrogens is 2. The summed E-state index contributed by atoms with van der Waals surface area (Å²) in [6.45, 7) is 1.97. The molecule has 0 N–H and O–H groups in total. The minimum absolute atomic E-state index is 0.122. The molecule has 0 aliphatic carbocycles. The molecule has 0 aliphatic rings. The van der Waals surface area contributed by atoms with Crippen LogP contribution >= 0.6 is 11.6 Å². The van der Waals surface area contributed by atoms with E-state index in [9.17, 15) is 4.79 Å². The molecule has 24 heavy (non-hydrogen) atoms. The number of nitrogens with zero attached hydrogens (tertiary/aromatic N) is 2. The zero-order chi connectivity index (χ0) is 16.7. The van der Waals surface area contributed by atoms with Gasteiger partial charge < -0.3 is 8.94 Å². The molecule has 6 heteroatoms. The van der Waals surface area contributed by atoms with Crippen LogP contribution in [0, 0.1) is 6.92 Å². The number of benzene rings is 2. The van der Waals surface area contributed by atoms with Crippen molar-refractivity contribution >= 4 is 22.6 Å². The maximum atomic E-state index is 12.2. The second-order valence-corrected chi connectivity index (χ2v) is 5.86. The van der Waals surface area contributed by atoms with Gasteiger partial charge in [0.25, 0.3) is 5.89 Å². The molecule has 4 rings (SSSR count). The molecule has 0 aliphatic heterocycles. The third-order valence-electron chi connectivity index (χ3n) is 3.65. The van der Waals surface area contributed by atoms with Crippen LogP contribution < -0.4 is 5.63 Å². The van der Waals surface area contributed by atoms with Crippen LogP contribution in [-0.2, 0) is 0 Å². The quantitative estimate of drug-likeness (QED) is 0.504. The maximum Gasteiger partial charge on any atom is 0.349 e. The van der Waals surface area contributed by atoms with Crippen molar-refractivity contribution in [2.24, 2.45) is 0 Å². The lowest BCUT2D eigenvalue weighted by molar-refractivity contribution is 0.429. The summed E-state index contributed by atoms with van der Waals surface area (Å²) in [7, 11) is 0. The predicted molar refractivity (Wildman–Crippen MR) is 91.0 cm³/mol. The second kappa shape index (κ2) is 5.62. The molecule has 5 nitrogen and oxygen atoms in total. The Labute approximate surface area is 141 Å². The standard InChI is InChI=1S/C18H11ClN2O3/c1-10-2-7-15-12(8-10)9-14(18(22)23-15)17-20-16(21-24-17)11-3-5-13(19)6-4-11/h2-9H,1H3. The van der Waals surface area contributed by atoms with Crippen LogP contribution in [0.15, 0.2) is 62.3 Å². The Kier molecular flexibility index (Phi) is 3.43. The fourth-order valence-corrected chi connectivity index (χ4v) is 2.57. The van der Waals surface area contributed by atoms with Crippen LogP contribution in [0.25, 0.3) is 33.8 Å². The number of hydrogen-bond donors (Lipinski definition) is 0. The first-order valence-corrected chi connectivity index (χ1v) is 7.62. The lowest BCUT2D eigenvalue weighted by atomic mass is 10.1. The molecule has 0 radical (unpaired) electrons. The molecular formula is C18H11ClN2O3. The first-order valence-electron chi connectivity index (χ1n) is 7.25. The van der Waals surface area contributed by atoms with Gasteiger partial charge >= 0.3 is 5.63 Å². The van der Waals surface area contributed by atoms with Crippen LogP contribution in [-0.4, -0.2) is 10.1 Å². The largest absolute Gasteiger partial charge is 0.422 e. The fourth-order valence-electron chi connectivity index (χ4n) is 2.44. The monoisotopic (exact) mass is 338 g/mol. The third kappa shape index (κ3) is 2.59. The van der Waals surface area contributed by atoms with Gasteiger partial charge in [0.15, 0.2) is 0 Å². The van der Waals surface area contributed by atoms with E-state index in [4.69, 9.17) is 20.5 Å². The number of fused-ring (bicyclic) bond motifs is 1. The Morgan fingerprint density at radius 2 is 1.83 bits per heavy atom. The molecule has 0 unspecified atom stereocenters. The Morgan fingerprint density at radius 3 is 2.62 bits per heavy atom. The SMILES string of the molecule is Cc1ccc2oc(=O)c(-c3nc(-c4ccc(Cl)cc4)no3)cc2c1. The summed E-state index contributed by atoms with van der Waals surface area (Å²) in [5.41, 5.74) is 2.05. The topological polar surface area (TPSA) is 69.1 Å². The second-order valence-electron chi connectivity index (χ2n) is 5.42. The summed E-state index contributed by atoms with van der Waals surface area (Å²) < 4.78 is 10.6. The highest BCUT2D eigenvalue weighted by molar-refractivity contribution is 6.30. The van der Waals surface area contributed by atoms with E-state index in [-0.39, 0.29) is 11.5 Å². The van der Waals surface area contributed by atoms with Gasteiger partial charge in [-0.2, -0.15) is 4.98 Å². The smallest absolute Gasteiger partial charge is 0.349 e. The zero-order valence-corrected chi connectivity index (χ0v) is 13.4.